The molecule has 6 nitrogen and oxygen atoms in total. The van der Waals surface area contributed by atoms with Gasteiger partial charge in [-0.15, -0.1) is 10.2 Å². The number of amides is 1. The lowest BCUT2D eigenvalue weighted by molar-refractivity contribution is -0.121. The minimum absolute atomic E-state index is 0.153. The lowest BCUT2D eigenvalue weighted by Crippen LogP contribution is -2.28. The third-order valence-electron chi connectivity index (χ3n) is 4.96. The lowest BCUT2D eigenvalue weighted by atomic mass is 10.2. The number of benzene rings is 1. The van der Waals surface area contributed by atoms with E-state index in [0.29, 0.717) is 28.3 Å². The van der Waals surface area contributed by atoms with E-state index in [2.05, 4.69) is 15.5 Å². The first-order valence-corrected chi connectivity index (χ1v) is 9.51. The fourth-order valence-electron chi connectivity index (χ4n) is 3.16. The molecule has 1 aliphatic rings. The molecule has 8 heteroatoms. The topological polar surface area (TPSA) is 73.0 Å². The standard InChI is InChI=1S/C20H20ClFN4O2/c1-11-7-16(20-25-24-19(28-20)13-3-4-13)12(2)26(11)10-18(27)23-9-14-5-6-15(22)8-17(14)21/h5-8,13H,3-4,9-10H2,1-2H3,(H,23,27). The van der Waals surface area contributed by atoms with Gasteiger partial charge in [0.2, 0.25) is 17.7 Å². The van der Waals surface area contributed by atoms with E-state index in [1.807, 2.05) is 24.5 Å². The van der Waals surface area contributed by atoms with Crippen LogP contribution in [-0.2, 0) is 17.9 Å². The highest BCUT2D eigenvalue weighted by atomic mass is 35.5. The third-order valence-corrected chi connectivity index (χ3v) is 5.32. The van der Waals surface area contributed by atoms with Crippen molar-refractivity contribution in [3.05, 3.63) is 57.9 Å². The largest absolute Gasteiger partial charge is 0.420 e. The lowest BCUT2D eigenvalue weighted by Gasteiger charge is -2.11. The summed E-state index contributed by atoms with van der Waals surface area (Å²) in [4.78, 5) is 12.4. The molecule has 2 heterocycles. The summed E-state index contributed by atoms with van der Waals surface area (Å²) in [5.74, 6) is 0.997. The van der Waals surface area contributed by atoms with Crippen molar-refractivity contribution >= 4 is 17.5 Å². The number of aryl methyl sites for hydroxylation is 1. The second kappa shape index (κ2) is 7.39. The monoisotopic (exact) mass is 402 g/mol. The van der Waals surface area contributed by atoms with Crippen LogP contribution in [-0.4, -0.2) is 20.7 Å². The maximum atomic E-state index is 13.1. The summed E-state index contributed by atoms with van der Waals surface area (Å²) >= 11 is 6.00. The van der Waals surface area contributed by atoms with Gasteiger partial charge in [0.15, 0.2) is 0 Å². The van der Waals surface area contributed by atoms with Gasteiger partial charge in [-0.25, -0.2) is 4.39 Å². The van der Waals surface area contributed by atoms with Crippen LogP contribution in [0.25, 0.3) is 11.5 Å². The van der Waals surface area contributed by atoms with Crippen molar-refractivity contribution in [2.45, 2.75) is 45.7 Å². The molecular weight excluding hydrogens is 383 g/mol. The van der Waals surface area contributed by atoms with Gasteiger partial charge in [0.05, 0.1) is 5.56 Å². The quantitative estimate of drug-likeness (QED) is 0.672. The summed E-state index contributed by atoms with van der Waals surface area (Å²) < 4.78 is 20.8. The smallest absolute Gasteiger partial charge is 0.249 e. The Balaban J connectivity index is 1.45. The van der Waals surface area contributed by atoms with Crippen molar-refractivity contribution in [1.82, 2.24) is 20.1 Å². The van der Waals surface area contributed by atoms with Gasteiger partial charge in [-0.3, -0.25) is 4.79 Å². The zero-order valence-corrected chi connectivity index (χ0v) is 16.4. The summed E-state index contributed by atoms with van der Waals surface area (Å²) in [6, 6.07) is 6.06. The fraction of sp³-hybridized carbons (Fsp3) is 0.350. The molecule has 0 bridgehead atoms. The van der Waals surface area contributed by atoms with E-state index in [1.54, 1.807) is 6.07 Å². The van der Waals surface area contributed by atoms with Crippen LogP contribution in [0.5, 0.6) is 0 Å². The molecule has 1 aromatic carbocycles. The molecule has 3 aromatic rings. The molecular formula is C20H20ClFN4O2. The number of aromatic nitrogens is 3. The Labute approximate surface area is 166 Å². The second-order valence-corrected chi connectivity index (χ2v) is 7.51. The molecule has 1 fully saturated rings. The highest BCUT2D eigenvalue weighted by Crippen LogP contribution is 2.40. The van der Waals surface area contributed by atoms with E-state index >= 15 is 0 Å². The van der Waals surface area contributed by atoms with Gasteiger partial charge in [-0.1, -0.05) is 17.7 Å². The molecule has 146 valence electrons. The summed E-state index contributed by atoms with van der Waals surface area (Å²) in [6.07, 6.45) is 2.19. The van der Waals surface area contributed by atoms with Gasteiger partial charge in [-0.2, -0.15) is 0 Å². The van der Waals surface area contributed by atoms with E-state index in [9.17, 15) is 9.18 Å². The van der Waals surface area contributed by atoms with Gasteiger partial charge in [0.1, 0.15) is 12.4 Å². The number of nitrogens with zero attached hydrogens (tertiary/aromatic N) is 3. The molecule has 4 rings (SSSR count). The van der Waals surface area contributed by atoms with E-state index < -0.39 is 5.82 Å². The molecule has 1 saturated carbocycles. The third kappa shape index (κ3) is 3.80. The Morgan fingerprint density at radius 3 is 2.82 bits per heavy atom. The molecule has 1 aliphatic carbocycles. The number of halogens is 2. The molecule has 0 unspecified atom stereocenters. The van der Waals surface area contributed by atoms with Gasteiger partial charge >= 0.3 is 0 Å². The average Bonchev–Trinajstić information content (AvgIpc) is 3.33. The van der Waals surface area contributed by atoms with Crippen LogP contribution < -0.4 is 5.32 Å². The van der Waals surface area contributed by atoms with Crippen LogP contribution in [0.1, 0.15) is 41.6 Å². The molecule has 0 radical (unpaired) electrons. The van der Waals surface area contributed by atoms with Gasteiger partial charge in [0.25, 0.3) is 0 Å². The minimum Gasteiger partial charge on any atom is -0.420 e. The maximum Gasteiger partial charge on any atom is 0.249 e. The summed E-state index contributed by atoms with van der Waals surface area (Å²) in [5.41, 5.74) is 3.31. The van der Waals surface area contributed by atoms with Crippen molar-refractivity contribution < 1.29 is 13.6 Å². The minimum atomic E-state index is -0.405. The average molecular weight is 403 g/mol. The van der Waals surface area contributed by atoms with Gasteiger partial charge < -0.3 is 14.3 Å². The Hall–Kier alpha value is -2.67. The Bertz CT molecular complexity index is 1040. The molecule has 0 spiro atoms. The number of carbonyl (C=O) groups is 1. The number of carbonyl (C=O) groups excluding carboxylic acids is 1. The molecule has 0 saturated heterocycles. The van der Waals surface area contributed by atoms with Crippen molar-refractivity contribution in [3.8, 4) is 11.5 Å². The summed E-state index contributed by atoms with van der Waals surface area (Å²) in [5, 5.41) is 11.4. The van der Waals surface area contributed by atoms with E-state index in [0.717, 1.165) is 29.8 Å². The molecule has 1 N–H and O–H groups in total. The molecule has 0 atom stereocenters. The zero-order chi connectivity index (χ0) is 19.8. The first-order valence-electron chi connectivity index (χ1n) is 9.13. The zero-order valence-electron chi connectivity index (χ0n) is 15.6. The van der Waals surface area contributed by atoms with Crippen molar-refractivity contribution in [2.24, 2.45) is 0 Å². The van der Waals surface area contributed by atoms with E-state index in [1.165, 1.54) is 12.1 Å². The fourth-order valence-corrected chi connectivity index (χ4v) is 3.39. The second-order valence-electron chi connectivity index (χ2n) is 7.10. The first kappa shape index (κ1) is 18.7. The Kier molecular flexibility index (Phi) is 4.93. The molecule has 2 aromatic heterocycles. The summed E-state index contributed by atoms with van der Waals surface area (Å²) in [6.45, 7) is 4.24. The number of rotatable bonds is 6. The van der Waals surface area contributed by atoms with Crippen molar-refractivity contribution in [3.63, 3.8) is 0 Å². The number of hydrogen-bond acceptors (Lipinski definition) is 4. The van der Waals surface area contributed by atoms with Gasteiger partial charge in [0, 0.05) is 28.9 Å². The van der Waals surface area contributed by atoms with Crippen LogP contribution in [0, 0.1) is 19.7 Å². The maximum absolute atomic E-state index is 13.1. The van der Waals surface area contributed by atoms with Crippen LogP contribution >= 0.6 is 11.6 Å². The predicted molar refractivity (Wildman–Crippen MR) is 102 cm³/mol. The number of hydrogen-bond donors (Lipinski definition) is 1. The molecule has 1 amide bonds. The highest BCUT2D eigenvalue weighted by Gasteiger charge is 2.30. The van der Waals surface area contributed by atoms with Gasteiger partial charge in [-0.05, 0) is 50.5 Å². The Morgan fingerprint density at radius 1 is 1.32 bits per heavy atom. The highest BCUT2D eigenvalue weighted by molar-refractivity contribution is 6.31. The van der Waals surface area contributed by atoms with Crippen LogP contribution in [0.4, 0.5) is 4.39 Å². The van der Waals surface area contributed by atoms with E-state index in [-0.39, 0.29) is 19.0 Å². The van der Waals surface area contributed by atoms with Crippen LogP contribution in [0.15, 0.2) is 28.7 Å². The number of nitrogens with one attached hydrogen (secondary N) is 1. The van der Waals surface area contributed by atoms with Crippen molar-refractivity contribution in [1.29, 1.82) is 0 Å². The summed E-state index contributed by atoms with van der Waals surface area (Å²) in [7, 11) is 0. The van der Waals surface area contributed by atoms with Crippen LogP contribution in [0.3, 0.4) is 0 Å². The molecule has 0 aliphatic heterocycles. The van der Waals surface area contributed by atoms with E-state index in [4.69, 9.17) is 16.0 Å². The predicted octanol–water partition coefficient (Wildman–Crippen LogP) is 4.14. The molecule has 28 heavy (non-hydrogen) atoms. The van der Waals surface area contributed by atoms with Crippen LogP contribution in [0.2, 0.25) is 5.02 Å². The first-order chi connectivity index (χ1) is 13.4. The van der Waals surface area contributed by atoms with Crippen molar-refractivity contribution in [2.75, 3.05) is 0 Å². The Morgan fingerprint density at radius 2 is 2.11 bits per heavy atom. The normalized spacial score (nSPS) is 13.7. The SMILES string of the molecule is Cc1cc(-c2nnc(C3CC3)o2)c(C)n1CC(=O)NCc1ccc(F)cc1Cl.